The van der Waals surface area contributed by atoms with Crippen molar-refractivity contribution in [2.45, 2.75) is 26.4 Å². The van der Waals surface area contributed by atoms with Gasteiger partial charge in [-0.15, -0.1) is 0 Å². The van der Waals surface area contributed by atoms with E-state index in [1.165, 1.54) is 11.1 Å². The lowest BCUT2D eigenvalue weighted by molar-refractivity contribution is 0.403. The lowest BCUT2D eigenvalue weighted by Crippen LogP contribution is -2.18. The molecule has 0 amide bonds. The second-order valence-electron chi connectivity index (χ2n) is 5.10. The zero-order chi connectivity index (χ0) is 15.4. The molecule has 0 aromatic heterocycles. The number of methoxy groups -OCH3 is 1. The fourth-order valence-electron chi connectivity index (χ4n) is 2.29. The van der Waals surface area contributed by atoms with Crippen molar-refractivity contribution >= 4 is 31.9 Å². The SMILES string of the molecule is COc1c(Br)cc(Br)cc1CN[C@H](C)c1cccc(C)c1. The van der Waals surface area contributed by atoms with Crippen LogP contribution in [0.4, 0.5) is 0 Å². The number of benzene rings is 2. The molecule has 2 nitrogen and oxygen atoms in total. The summed E-state index contributed by atoms with van der Waals surface area (Å²) >= 11 is 7.06. The van der Waals surface area contributed by atoms with E-state index >= 15 is 0 Å². The fourth-order valence-corrected chi connectivity index (χ4v) is 3.77. The van der Waals surface area contributed by atoms with Crippen LogP contribution in [0.2, 0.25) is 0 Å². The second-order valence-corrected chi connectivity index (χ2v) is 6.87. The third kappa shape index (κ3) is 4.31. The minimum Gasteiger partial charge on any atom is -0.495 e. The number of hydrogen-bond acceptors (Lipinski definition) is 2. The van der Waals surface area contributed by atoms with Crippen LogP contribution in [0.1, 0.15) is 29.7 Å². The van der Waals surface area contributed by atoms with Crippen LogP contribution in [0, 0.1) is 6.92 Å². The zero-order valence-corrected chi connectivity index (χ0v) is 15.6. The molecule has 112 valence electrons. The number of nitrogens with one attached hydrogen (secondary N) is 1. The Labute approximate surface area is 143 Å². The highest BCUT2D eigenvalue weighted by atomic mass is 79.9. The average molecular weight is 413 g/mol. The summed E-state index contributed by atoms with van der Waals surface area (Å²) in [5, 5.41) is 3.55. The normalized spacial score (nSPS) is 12.2. The first-order valence-corrected chi connectivity index (χ1v) is 8.41. The van der Waals surface area contributed by atoms with Crippen LogP contribution >= 0.6 is 31.9 Å². The molecule has 4 heteroatoms. The highest BCUT2D eigenvalue weighted by molar-refractivity contribution is 9.11. The van der Waals surface area contributed by atoms with Crippen LogP contribution in [0.25, 0.3) is 0 Å². The van der Waals surface area contributed by atoms with Crippen molar-refractivity contribution < 1.29 is 4.74 Å². The minimum absolute atomic E-state index is 0.285. The summed E-state index contributed by atoms with van der Waals surface area (Å²) in [6, 6.07) is 12.9. The largest absolute Gasteiger partial charge is 0.495 e. The highest BCUT2D eigenvalue weighted by Crippen LogP contribution is 2.33. The molecule has 0 fully saturated rings. The molecule has 0 spiro atoms. The first-order valence-electron chi connectivity index (χ1n) is 6.83. The predicted molar refractivity (Wildman–Crippen MR) is 94.8 cm³/mol. The number of ether oxygens (including phenoxy) is 1. The van der Waals surface area contributed by atoms with Crippen LogP contribution < -0.4 is 10.1 Å². The summed E-state index contributed by atoms with van der Waals surface area (Å²) in [7, 11) is 1.70. The van der Waals surface area contributed by atoms with Crippen molar-refractivity contribution in [1.82, 2.24) is 5.32 Å². The lowest BCUT2D eigenvalue weighted by atomic mass is 10.1. The molecule has 2 aromatic rings. The molecule has 2 rings (SSSR count). The molecule has 0 unspecified atom stereocenters. The first kappa shape index (κ1) is 16.5. The number of hydrogen-bond donors (Lipinski definition) is 1. The van der Waals surface area contributed by atoms with Gasteiger partial charge in [0.15, 0.2) is 0 Å². The van der Waals surface area contributed by atoms with Crippen LogP contribution in [0.5, 0.6) is 5.75 Å². The Morgan fingerprint density at radius 1 is 1.19 bits per heavy atom. The van der Waals surface area contributed by atoms with E-state index in [1.807, 2.05) is 6.07 Å². The maximum absolute atomic E-state index is 5.48. The van der Waals surface area contributed by atoms with Gasteiger partial charge in [-0.25, -0.2) is 0 Å². The van der Waals surface area contributed by atoms with Crippen molar-refractivity contribution in [2.75, 3.05) is 7.11 Å². The predicted octanol–water partition coefficient (Wildman–Crippen LogP) is 5.38. The monoisotopic (exact) mass is 411 g/mol. The molecule has 0 aliphatic carbocycles. The van der Waals surface area contributed by atoms with E-state index in [1.54, 1.807) is 7.11 Å². The van der Waals surface area contributed by atoms with E-state index in [0.717, 1.165) is 26.8 Å². The van der Waals surface area contributed by atoms with Gasteiger partial charge in [0.1, 0.15) is 5.75 Å². The summed E-state index contributed by atoms with van der Waals surface area (Å²) in [6.07, 6.45) is 0. The van der Waals surface area contributed by atoms with E-state index in [0.29, 0.717) is 0 Å². The van der Waals surface area contributed by atoms with Crippen LogP contribution in [0.3, 0.4) is 0 Å². The van der Waals surface area contributed by atoms with Crippen molar-refractivity contribution in [3.05, 3.63) is 62.0 Å². The highest BCUT2D eigenvalue weighted by Gasteiger charge is 2.11. The maximum atomic E-state index is 5.48. The molecule has 2 aromatic carbocycles. The minimum atomic E-state index is 0.285. The van der Waals surface area contributed by atoms with Crippen LogP contribution in [-0.4, -0.2) is 7.11 Å². The molecule has 0 bridgehead atoms. The Balaban J connectivity index is 2.13. The molecule has 1 atom stereocenters. The Morgan fingerprint density at radius 3 is 2.62 bits per heavy atom. The quantitative estimate of drug-likeness (QED) is 0.711. The molecule has 21 heavy (non-hydrogen) atoms. The van der Waals surface area contributed by atoms with Crippen LogP contribution in [0.15, 0.2) is 45.3 Å². The van der Waals surface area contributed by atoms with Gasteiger partial charge in [-0.05, 0) is 47.5 Å². The molecule has 0 saturated carbocycles. The van der Waals surface area contributed by atoms with Crippen LogP contribution in [-0.2, 0) is 6.54 Å². The van der Waals surface area contributed by atoms with Gasteiger partial charge in [0, 0.05) is 22.6 Å². The van der Waals surface area contributed by atoms with E-state index in [-0.39, 0.29) is 6.04 Å². The molecule has 0 saturated heterocycles. The van der Waals surface area contributed by atoms with Crippen molar-refractivity contribution in [3.63, 3.8) is 0 Å². The van der Waals surface area contributed by atoms with Gasteiger partial charge in [-0.3, -0.25) is 0 Å². The summed E-state index contributed by atoms with van der Waals surface area (Å²) in [6.45, 7) is 5.04. The number of rotatable bonds is 5. The summed E-state index contributed by atoms with van der Waals surface area (Å²) in [5.41, 5.74) is 3.70. The van der Waals surface area contributed by atoms with Crippen molar-refractivity contribution in [3.8, 4) is 5.75 Å². The van der Waals surface area contributed by atoms with Gasteiger partial charge in [0.25, 0.3) is 0 Å². The average Bonchev–Trinajstić information content (AvgIpc) is 2.44. The first-order chi connectivity index (χ1) is 10.0. The van der Waals surface area contributed by atoms with E-state index < -0.39 is 0 Å². The zero-order valence-electron chi connectivity index (χ0n) is 12.4. The molecule has 0 radical (unpaired) electrons. The van der Waals surface area contributed by atoms with Gasteiger partial charge >= 0.3 is 0 Å². The Morgan fingerprint density at radius 2 is 1.95 bits per heavy atom. The Bertz CT molecular complexity index is 628. The smallest absolute Gasteiger partial charge is 0.137 e. The maximum Gasteiger partial charge on any atom is 0.137 e. The molecular weight excluding hydrogens is 394 g/mol. The summed E-state index contributed by atoms with van der Waals surface area (Å²) in [5.74, 6) is 0.877. The standard InChI is InChI=1S/C17H19Br2NO/c1-11-5-4-6-13(7-11)12(2)20-10-14-8-15(18)9-16(19)17(14)21-3/h4-9,12,20H,10H2,1-3H3/t12-/m1/s1. The van der Waals surface area contributed by atoms with Crippen molar-refractivity contribution in [1.29, 1.82) is 0 Å². The third-order valence-corrected chi connectivity index (χ3v) is 4.48. The molecular formula is C17H19Br2NO. The van der Waals surface area contributed by atoms with Gasteiger partial charge in [0.2, 0.25) is 0 Å². The Kier molecular flexibility index (Phi) is 5.85. The Hall–Kier alpha value is -0.840. The lowest BCUT2D eigenvalue weighted by Gasteiger charge is -2.17. The molecule has 0 aliphatic rings. The third-order valence-electron chi connectivity index (χ3n) is 3.43. The molecule has 1 N–H and O–H groups in total. The van der Waals surface area contributed by atoms with E-state index in [4.69, 9.17) is 4.74 Å². The van der Waals surface area contributed by atoms with Gasteiger partial charge in [0.05, 0.1) is 11.6 Å². The number of halogens is 2. The van der Waals surface area contributed by atoms with Gasteiger partial charge < -0.3 is 10.1 Å². The van der Waals surface area contributed by atoms with E-state index in [2.05, 4.69) is 81.4 Å². The number of aryl methyl sites for hydroxylation is 1. The topological polar surface area (TPSA) is 21.3 Å². The summed E-state index contributed by atoms with van der Waals surface area (Å²) in [4.78, 5) is 0. The molecule has 0 heterocycles. The second kappa shape index (κ2) is 7.43. The fraction of sp³-hybridized carbons (Fsp3) is 0.294. The van der Waals surface area contributed by atoms with Crippen molar-refractivity contribution in [2.24, 2.45) is 0 Å². The van der Waals surface area contributed by atoms with Gasteiger partial charge in [-0.1, -0.05) is 45.8 Å². The molecule has 0 aliphatic heterocycles. The van der Waals surface area contributed by atoms with E-state index in [9.17, 15) is 0 Å². The summed E-state index contributed by atoms with van der Waals surface area (Å²) < 4.78 is 7.48. The van der Waals surface area contributed by atoms with Gasteiger partial charge in [-0.2, -0.15) is 0 Å².